The zero-order valence-corrected chi connectivity index (χ0v) is 12.4. The van der Waals surface area contributed by atoms with Gasteiger partial charge in [0.25, 0.3) is 0 Å². The average molecular weight is 293 g/mol. The summed E-state index contributed by atoms with van der Waals surface area (Å²) in [6.07, 6.45) is 0.319. The lowest BCUT2D eigenvalue weighted by Gasteiger charge is -2.20. The van der Waals surface area contributed by atoms with Crippen LogP contribution in [-0.2, 0) is 4.74 Å². The van der Waals surface area contributed by atoms with E-state index in [2.05, 4.69) is 10.3 Å². The molecule has 0 aliphatic heterocycles. The van der Waals surface area contributed by atoms with Crippen molar-refractivity contribution in [2.45, 2.75) is 32.8 Å². The van der Waals surface area contributed by atoms with Gasteiger partial charge < -0.3 is 9.47 Å². The molecule has 0 aliphatic carbocycles. The number of amides is 1. The molecular formula is C14H19N3O4. The number of ether oxygens (including phenoxy) is 2. The molecule has 0 unspecified atom stereocenters. The Balaban J connectivity index is 0.00000441. The van der Waals surface area contributed by atoms with E-state index in [1.165, 1.54) is 19.4 Å². The number of rotatable bonds is 4. The van der Waals surface area contributed by atoms with Crippen LogP contribution in [0.1, 0.15) is 39.0 Å². The summed E-state index contributed by atoms with van der Waals surface area (Å²) in [5, 5.41) is 11.1. The van der Waals surface area contributed by atoms with Crippen LogP contribution in [-0.4, -0.2) is 29.6 Å². The van der Waals surface area contributed by atoms with Crippen LogP contribution in [0.25, 0.3) is 0 Å². The highest BCUT2D eigenvalue weighted by Crippen LogP contribution is 2.27. The Bertz CT molecular complexity index is 591. The van der Waals surface area contributed by atoms with E-state index in [4.69, 9.17) is 14.7 Å². The maximum absolute atomic E-state index is 11.9. The quantitative estimate of drug-likeness (QED) is 0.856. The summed E-state index contributed by atoms with van der Waals surface area (Å²) in [6, 6.07) is 3.18. The second kappa shape index (κ2) is 6.70. The molecule has 0 saturated heterocycles. The third-order valence-corrected chi connectivity index (χ3v) is 2.28. The summed E-state index contributed by atoms with van der Waals surface area (Å²) < 4.78 is 10.2. The van der Waals surface area contributed by atoms with Gasteiger partial charge in [-0.1, -0.05) is 0 Å². The van der Waals surface area contributed by atoms with Crippen LogP contribution in [0.5, 0.6) is 5.88 Å². The highest BCUT2D eigenvalue weighted by molar-refractivity contribution is 6.05. The summed E-state index contributed by atoms with van der Waals surface area (Å²) in [5.41, 5.74) is -0.445. The topological polar surface area (TPSA) is 101 Å². The standard InChI is InChI=1S/C14H17N3O4.H2/c1-14(2,3)21-13(19)17-11-9(10(18)5-7-15)6-8-16-12(11)20-4;/h6,8H,5H2,1-4H3,(H,17,19);1H. The smallest absolute Gasteiger partial charge is 0.412 e. The van der Waals surface area contributed by atoms with Gasteiger partial charge in [-0.05, 0) is 26.8 Å². The SMILES string of the molecule is COc1nccc(C(=O)CC#N)c1NC(=O)OC(C)(C)C.[HH]. The predicted molar refractivity (Wildman–Crippen MR) is 77.3 cm³/mol. The summed E-state index contributed by atoms with van der Waals surface area (Å²) in [6.45, 7) is 5.15. The average Bonchev–Trinajstić information content (AvgIpc) is 2.36. The van der Waals surface area contributed by atoms with E-state index in [1.54, 1.807) is 26.8 Å². The van der Waals surface area contributed by atoms with Gasteiger partial charge in [0.2, 0.25) is 5.88 Å². The summed E-state index contributed by atoms with van der Waals surface area (Å²) in [4.78, 5) is 27.7. The Morgan fingerprint density at radius 1 is 1.48 bits per heavy atom. The van der Waals surface area contributed by atoms with E-state index < -0.39 is 17.5 Å². The van der Waals surface area contributed by atoms with Crippen molar-refractivity contribution in [2.75, 3.05) is 12.4 Å². The van der Waals surface area contributed by atoms with Gasteiger partial charge in [-0.2, -0.15) is 5.26 Å². The molecule has 0 bridgehead atoms. The maximum Gasteiger partial charge on any atom is 0.412 e. The van der Waals surface area contributed by atoms with Crippen LogP contribution in [0.2, 0.25) is 0 Å². The first-order chi connectivity index (χ1) is 9.78. The van der Waals surface area contributed by atoms with Gasteiger partial charge in [0.15, 0.2) is 5.78 Å². The number of methoxy groups -OCH3 is 1. The number of pyridine rings is 1. The first-order valence-electron chi connectivity index (χ1n) is 6.21. The largest absolute Gasteiger partial charge is 0.479 e. The zero-order chi connectivity index (χ0) is 16.0. The molecule has 7 nitrogen and oxygen atoms in total. The molecule has 0 aliphatic rings. The van der Waals surface area contributed by atoms with E-state index in [9.17, 15) is 9.59 Å². The minimum atomic E-state index is -0.736. The third kappa shape index (κ3) is 4.76. The highest BCUT2D eigenvalue weighted by atomic mass is 16.6. The lowest BCUT2D eigenvalue weighted by molar-refractivity contribution is 0.0635. The Morgan fingerprint density at radius 2 is 2.14 bits per heavy atom. The molecule has 1 heterocycles. The number of anilines is 1. The van der Waals surface area contributed by atoms with E-state index >= 15 is 0 Å². The van der Waals surface area contributed by atoms with Gasteiger partial charge in [-0.25, -0.2) is 9.78 Å². The second-order valence-electron chi connectivity index (χ2n) is 5.13. The molecule has 0 atom stereocenters. The Labute approximate surface area is 124 Å². The molecule has 0 saturated carbocycles. The normalized spacial score (nSPS) is 10.4. The number of nitrogens with one attached hydrogen (secondary N) is 1. The molecule has 0 radical (unpaired) electrons. The third-order valence-electron chi connectivity index (χ3n) is 2.28. The lowest BCUT2D eigenvalue weighted by Crippen LogP contribution is -2.28. The molecule has 1 N–H and O–H groups in total. The Kier molecular flexibility index (Phi) is 5.24. The Morgan fingerprint density at radius 3 is 2.67 bits per heavy atom. The highest BCUT2D eigenvalue weighted by Gasteiger charge is 2.22. The van der Waals surface area contributed by atoms with Crippen molar-refractivity contribution >= 4 is 17.6 Å². The van der Waals surface area contributed by atoms with Crippen molar-refractivity contribution in [3.8, 4) is 11.9 Å². The molecule has 7 heteroatoms. The fourth-order valence-corrected chi connectivity index (χ4v) is 1.52. The van der Waals surface area contributed by atoms with Gasteiger partial charge in [0.05, 0.1) is 19.6 Å². The van der Waals surface area contributed by atoms with Crippen LogP contribution >= 0.6 is 0 Å². The number of aromatic nitrogens is 1. The maximum atomic E-state index is 11.9. The fourth-order valence-electron chi connectivity index (χ4n) is 1.52. The van der Waals surface area contributed by atoms with Crippen LogP contribution in [0.4, 0.5) is 10.5 Å². The van der Waals surface area contributed by atoms with Crippen LogP contribution in [0.15, 0.2) is 12.3 Å². The summed E-state index contributed by atoms with van der Waals surface area (Å²) in [5.74, 6) is -0.367. The summed E-state index contributed by atoms with van der Waals surface area (Å²) >= 11 is 0. The van der Waals surface area contributed by atoms with E-state index in [0.717, 1.165) is 0 Å². The van der Waals surface area contributed by atoms with Crippen LogP contribution in [0.3, 0.4) is 0 Å². The molecular weight excluding hydrogens is 274 g/mol. The summed E-state index contributed by atoms with van der Waals surface area (Å²) in [7, 11) is 1.36. The molecule has 1 aromatic rings. The number of nitrogens with zero attached hydrogens (tertiary/aromatic N) is 2. The van der Waals surface area contributed by atoms with Crippen LogP contribution < -0.4 is 10.1 Å². The monoisotopic (exact) mass is 293 g/mol. The number of carbonyl (C=O) groups excluding carboxylic acids is 2. The van der Waals surface area contributed by atoms with E-state index in [0.29, 0.717) is 0 Å². The van der Waals surface area contributed by atoms with Crippen LogP contribution in [0, 0.1) is 11.3 Å². The molecule has 0 fully saturated rings. The number of carbonyl (C=O) groups is 2. The number of hydrogen-bond donors (Lipinski definition) is 1. The number of Topliss-reactive ketones (excluding diaryl/α,β-unsaturated/α-hetero) is 1. The van der Waals surface area contributed by atoms with Crippen molar-refractivity contribution in [3.05, 3.63) is 17.8 Å². The molecule has 1 rings (SSSR count). The first kappa shape index (κ1) is 16.4. The van der Waals surface area contributed by atoms with Crippen molar-refractivity contribution in [1.29, 1.82) is 5.26 Å². The van der Waals surface area contributed by atoms with Gasteiger partial charge in [0.1, 0.15) is 11.3 Å². The molecule has 1 aromatic heterocycles. The predicted octanol–water partition coefficient (Wildman–Crippen LogP) is 2.78. The van der Waals surface area contributed by atoms with Gasteiger partial charge in [-0.15, -0.1) is 0 Å². The fraction of sp³-hybridized carbons (Fsp3) is 0.429. The second-order valence-corrected chi connectivity index (χ2v) is 5.13. The molecule has 114 valence electrons. The van der Waals surface area contributed by atoms with Crippen molar-refractivity contribution in [1.82, 2.24) is 4.98 Å². The Hall–Kier alpha value is -2.62. The number of nitriles is 1. The van der Waals surface area contributed by atoms with Crippen molar-refractivity contribution < 1.29 is 20.5 Å². The zero-order valence-electron chi connectivity index (χ0n) is 12.4. The van der Waals surface area contributed by atoms with Crippen molar-refractivity contribution in [2.24, 2.45) is 0 Å². The number of ketones is 1. The number of hydrogen-bond acceptors (Lipinski definition) is 6. The van der Waals surface area contributed by atoms with Gasteiger partial charge in [-0.3, -0.25) is 10.1 Å². The van der Waals surface area contributed by atoms with Crippen molar-refractivity contribution in [3.63, 3.8) is 0 Å². The molecule has 0 aromatic carbocycles. The molecule has 21 heavy (non-hydrogen) atoms. The van der Waals surface area contributed by atoms with Gasteiger partial charge in [0, 0.05) is 13.2 Å². The minimum Gasteiger partial charge on any atom is -0.479 e. The van der Waals surface area contributed by atoms with Gasteiger partial charge >= 0.3 is 6.09 Å². The van der Waals surface area contributed by atoms with E-state index in [-0.39, 0.29) is 25.0 Å². The lowest BCUT2D eigenvalue weighted by atomic mass is 10.1. The molecule has 1 amide bonds. The molecule has 0 spiro atoms. The minimum absolute atomic E-state index is 0. The first-order valence-corrected chi connectivity index (χ1v) is 6.21. The van der Waals surface area contributed by atoms with E-state index in [1.807, 2.05) is 0 Å².